The van der Waals surface area contributed by atoms with Crippen LogP contribution in [0.3, 0.4) is 0 Å². The van der Waals surface area contributed by atoms with E-state index in [0.29, 0.717) is 36.7 Å². The summed E-state index contributed by atoms with van der Waals surface area (Å²) >= 11 is 0. The number of aromatic amines is 1. The second-order valence-electron chi connectivity index (χ2n) is 7.39. The molecule has 9 heteroatoms. The largest absolute Gasteiger partial charge is 0.494 e. The maximum Gasteiger partial charge on any atom is 0.272 e. The number of ether oxygens (including phenoxy) is 1. The Morgan fingerprint density at radius 1 is 1.29 bits per heavy atom. The Labute approximate surface area is 178 Å². The van der Waals surface area contributed by atoms with Gasteiger partial charge in [-0.3, -0.25) is 14.7 Å². The van der Waals surface area contributed by atoms with Gasteiger partial charge < -0.3 is 19.4 Å². The molecule has 0 bridgehead atoms. The van der Waals surface area contributed by atoms with E-state index < -0.39 is 5.82 Å². The number of hydrogen-bond acceptors (Lipinski definition) is 5. The van der Waals surface area contributed by atoms with E-state index in [1.807, 2.05) is 0 Å². The molecule has 2 amide bonds. The zero-order valence-electron chi connectivity index (χ0n) is 17.1. The molecule has 31 heavy (non-hydrogen) atoms. The van der Waals surface area contributed by atoms with E-state index in [1.165, 1.54) is 19.2 Å². The highest BCUT2D eigenvalue weighted by Gasteiger charge is 2.27. The third-order valence-electron chi connectivity index (χ3n) is 5.45. The summed E-state index contributed by atoms with van der Waals surface area (Å²) in [5, 5.41) is 9.82. The lowest BCUT2D eigenvalue weighted by Gasteiger charge is -2.31. The van der Waals surface area contributed by atoms with Gasteiger partial charge in [-0.05, 0) is 49.2 Å². The van der Waals surface area contributed by atoms with Crippen LogP contribution in [0.4, 0.5) is 4.39 Å². The molecule has 2 aromatic heterocycles. The number of carbonyl (C=O) groups excluding carboxylic acids is 2. The standard InChI is InChI=1S/C22H23FN4O4/c1-30-20-5-4-15(11-17(20)23)22(29)27-8-6-14(7-9-27)18-12-19(26-25-18)21(28)24-13-16-3-2-10-31-16/h2-5,10-12,14H,6-9,13H2,1H3,(H,24,28)(H,25,26). The number of benzene rings is 1. The Morgan fingerprint density at radius 2 is 2.10 bits per heavy atom. The molecular weight excluding hydrogens is 403 g/mol. The van der Waals surface area contributed by atoms with Gasteiger partial charge in [-0.1, -0.05) is 0 Å². The first-order valence-corrected chi connectivity index (χ1v) is 10.0. The van der Waals surface area contributed by atoms with Gasteiger partial charge in [-0.2, -0.15) is 5.10 Å². The quantitative estimate of drug-likeness (QED) is 0.631. The molecular formula is C22H23FN4O4. The highest BCUT2D eigenvalue weighted by atomic mass is 19.1. The summed E-state index contributed by atoms with van der Waals surface area (Å²) in [6.45, 7) is 1.37. The van der Waals surface area contributed by atoms with Gasteiger partial charge in [0.15, 0.2) is 11.6 Å². The van der Waals surface area contributed by atoms with Gasteiger partial charge in [-0.25, -0.2) is 4.39 Å². The van der Waals surface area contributed by atoms with Crippen LogP contribution in [-0.4, -0.2) is 47.1 Å². The smallest absolute Gasteiger partial charge is 0.272 e. The number of carbonyl (C=O) groups is 2. The highest BCUT2D eigenvalue weighted by molar-refractivity contribution is 5.94. The maximum absolute atomic E-state index is 13.9. The van der Waals surface area contributed by atoms with Crippen LogP contribution in [0.15, 0.2) is 47.1 Å². The molecule has 1 saturated heterocycles. The molecule has 0 spiro atoms. The Morgan fingerprint density at radius 3 is 2.77 bits per heavy atom. The summed E-state index contributed by atoms with van der Waals surface area (Å²) in [5.74, 6) is -0.110. The number of likely N-dealkylation sites (tertiary alicyclic amines) is 1. The average molecular weight is 426 g/mol. The van der Waals surface area contributed by atoms with Crippen LogP contribution in [0.5, 0.6) is 5.75 Å². The third-order valence-corrected chi connectivity index (χ3v) is 5.45. The number of nitrogens with one attached hydrogen (secondary N) is 2. The number of aromatic nitrogens is 2. The average Bonchev–Trinajstić information content (AvgIpc) is 3.49. The van der Waals surface area contributed by atoms with E-state index in [9.17, 15) is 14.0 Å². The molecule has 1 aliphatic heterocycles. The summed E-state index contributed by atoms with van der Waals surface area (Å²) in [7, 11) is 1.38. The molecule has 2 N–H and O–H groups in total. The second kappa shape index (κ2) is 9.03. The number of nitrogens with zero attached hydrogens (tertiary/aromatic N) is 2. The van der Waals surface area contributed by atoms with Crippen LogP contribution in [0.25, 0.3) is 0 Å². The van der Waals surface area contributed by atoms with Crippen LogP contribution in [-0.2, 0) is 6.54 Å². The van der Waals surface area contributed by atoms with E-state index in [2.05, 4.69) is 15.5 Å². The molecule has 1 fully saturated rings. The fourth-order valence-corrected chi connectivity index (χ4v) is 3.71. The first-order chi connectivity index (χ1) is 15.0. The van der Waals surface area contributed by atoms with Crippen molar-refractivity contribution in [1.82, 2.24) is 20.4 Å². The van der Waals surface area contributed by atoms with Gasteiger partial charge in [0.2, 0.25) is 0 Å². The molecule has 0 saturated carbocycles. The summed E-state index contributed by atoms with van der Waals surface area (Å²) in [4.78, 5) is 26.7. The lowest BCUT2D eigenvalue weighted by Crippen LogP contribution is -2.38. The van der Waals surface area contributed by atoms with Crippen molar-refractivity contribution in [2.75, 3.05) is 20.2 Å². The van der Waals surface area contributed by atoms with Crippen molar-refractivity contribution in [1.29, 1.82) is 0 Å². The number of amides is 2. The fourth-order valence-electron chi connectivity index (χ4n) is 3.71. The Kier molecular flexibility index (Phi) is 6.01. The number of H-pyrrole nitrogens is 1. The minimum atomic E-state index is -0.557. The predicted molar refractivity (Wildman–Crippen MR) is 109 cm³/mol. The molecule has 162 valence electrons. The van der Waals surface area contributed by atoms with Gasteiger partial charge in [0.05, 0.1) is 19.9 Å². The fraction of sp³-hybridized carbons (Fsp3) is 0.318. The van der Waals surface area contributed by atoms with Gasteiger partial charge in [0.25, 0.3) is 11.8 Å². The summed E-state index contributed by atoms with van der Waals surface area (Å²) < 4.78 is 24.0. The van der Waals surface area contributed by atoms with Crippen LogP contribution < -0.4 is 10.1 Å². The van der Waals surface area contributed by atoms with Crippen LogP contribution in [0, 0.1) is 5.82 Å². The number of methoxy groups -OCH3 is 1. The van der Waals surface area contributed by atoms with E-state index in [1.54, 1.807) is 35.4 Å². The van der Waals surface area contributed by atoms with Crippen molar-refractivity contribution in [3.8, 4) is 5.75 Å². The van der Waals surface area contributed by atoms with Gasteiger partial charge in [0.1, 0.15) is 11.5 Å². The first-order valence-electron chi connectivity index (χ1n) is 10.0. The maximum atomic E-state index is 13.9. The number of halogens is 1. The first kappa shape index (κ1) is 20.6. The normalized spacial score (nSPS) is 14.5. The van der Waals surface area contributed by atoms with Gasteiger partial charge in [-0.15, -0.1) is 0 Å². The molecule has 8 nitrogen and oxygen atoms in total. The summed E-state index contributed by atoms with van der Waals surface area (Å²) in [6, 6.07) is 9.52. The lowest BCUT2D eigenvalue weighted by molar-refractivity contribution is 0.0711. The third kappa shape index (κ3) is 4.60. The van der Waals surface area contributed by atoms with Crippen molar-refractivity contribution in [2.45, 2.75) is 25.3 Å². The number of rotatable bonds is 6. The summed E-state index contributed by atoms with van der Waals surface area (Å²) in [6.07, 6.45) is 3.00. The Balaban J connectivity index is 1.32. The van der Waals surface area contributed by atoms with Crippen molar-refractivity contribution in [2.24, 2.45) is 0 Å². The Hall–Kier alpha value is -3.62. The van der Waals surface area contributed by atoms with Crippen LogP contribution >= 0.6 is 0 Å². The lowest BCUT2D eigenvalue weighted by atomic mass is 9.93. The molecule has 0 atom stereocenters. The molecule has 1 aliphatic rings. The molecule has 3 heterocycles. The van der Waals surface area contributed by atoms with Crippen molar-refractivity contribution < 1.29 is 23.1 Å². The zero-order valence-corrected chi connectivity index (χ0v) is 17.1. The second-order valence-corrected chi connectivity index (χ2v) is 7.39. The Bertz CT molecular complexity index is 1060. The molecule has 4 rings (SSSR count). The minimum absolute atomic E-state index is 0.110. The molecule has 0 radical (unpaired) electrons. The van der Waals surface area contributed by atoms with Crippen LogP contribution in [0.2, 0.25) is 0 Å². The van der Waals surface area contributed by atoms with Crippen molar-refractivity contribution in [3.63, 3.8) is 0 Å². The van der Waals surface area contributed by atoms with Crippen molar-refractivity contribution >= 4 is 11.8 Å². The van der Waals surface area contributed by atoms with Gasteiger partial charge in [0, 0.05) is 30.3 Å². The van der Waals surface area contributed by atoms with Crippen LogP contribution in [0.1, 0.15) is 51.1 Å². The number of hydrogen-bond donors (Lipinski definition) is 2. The minimum Gasteiger partial charge on any atom is -0.494 e. The molecule has 3 aromatic rings. The van der Waals surface area contributed by atoms with E-state index in [4.69, 9.17) is 9.15 Å². The van der Waals surface area contributed by atoms with E-state index in [-0.39, 0.29) is 23.5 Å². The molecule has 1 aromatic carbocycles. The van der Waals surface area contributed by atoms with E-state index in [0.717, 1.165) is 18.5 Å². The van der Waals surface area contributed by atoms with Gasteiger partial charge >= 0.3 is 0 Å². The molecule has 0 unspecified atom stereocenters. The number of piperidine rings is 1. The monoisotopic (exact) mass is 426 g/mol. The number of furan rings is 1. The predicted octanol–water partition coefficient (Wildman–Crippen LogP) is 3.10. The van der Waals surface area contributed by atoms with E-state index >= 15 is 0 Å². The summed E-state index contributed by atoms with van der Waals surface area (Å²) in [5.41, 5.74) is 1.48. The van der Waals surface area contributed by atoms with Crippen molar-refractivity contribution in [3.05, 3.63) is 71.2 Å². The molecule has 0 aliphatic carbocycles. The SMILES string of the molecule is COc1ccc(C(=O)N2CCC(c3cc(C(=O)NCc4ccco4)n[nH]3)CC2)cc1F. The highest BCUT2D eigenvalue weighted by Crippen LogP contribution is 2.28. The topological polar surface area (TPSA) is 100 Å². The zero-order chi connectivity index (χ0) is 21.8.